The highest BCUT2D eigenvalue weighted by atomic mass is 15.2. The predicted molar refractivity (Wildman–Crippen MR) is 85.1 cm³/mol. The van der Waals surface area contributed by atoms with Crippen LogP contribution in [0.1, 0.15) is 38.2 Å². The lowest BCUT2D eigenvalue weighted by atomic mass is 9.90. The first kappa shape index (κ1) is 14.3. The molecule has 2 aromatic heterocycles. The van der Waals surface area contributed by atoms with E-state index in [1.54, 1.807) is 0 Å². The summed E-state index contributed by atoms with van der Waals surface area (Å²) in [6.07, 6.45) is 6.47. The van der Waals surface area contributed by atoms with Gasteiger partial charge in [0.2, 0.25) is 0 Å². The van der Waals surface area contributed by atoms with Crippen molar-refractivity contribution >= 4 is 0 Å². The van der Waals surface area contributed by atoms with Crippen LogP contribution in [0.25, 0.3) is 11.4 Å². The van der Waals surface area contributed by atoms with Gasteiger partial charge in [-0.05, 0) is 63.4 Å². The molecule has 0 aromatic carbocycles. The Balaban J connectivity index is 1.68. The zero-order valence-corrected chi connectivity index (χ0v) is 13.2. The van der Waals surface area contributed by atoms with Crippen molar-refractivity contribution in [1.29, 1.82) is 0 Å². The summed E-state index contributed by atoms with van der Waals surface area (Å²) < 4.78 is 1.81. The van der Waals surface area contributed by atoms with Gasteiger partial charge in [-0.3, -0.25) is 9.67 Å². The van der Waals surface area contributed by atoms with Crippen LogP contribution in [0.15, 0.2) is 30.6 Å². The smallest absolute Gasteiger partial charge is 0.111 e. The minimum Gasteiger partial charge on any atom is -0.301 e. The van der Waals surface area contributed by atoms with Gasteiger partial charge < -0.3 is 4.90 Å². The van der Waals surface area contributed by atoms with Crippen LogP contribution in [0.4, 0.5) is 0 Å². The van der Waals surface area contributed by atoms with Crippen molar-refractivity contribution in [3.05, 3.63) is 36.2 Å². The minimum atomic E-state index is 0.658. The van der Waals surface area contributed by atoms with Gasteiger partial charge in [-0.15, -0.1) is 0 Å². The number of hydrogen-bond acceptors (Lipinski definition) is 3. The van der Waals surface area contributed by atoms with Gasteiger partial charge in [0.05, 0.1) is 5.69 Å². The zero-order valence-electron chi connectivity index (χ0n) is 13.2. The molecule has 0 unspecified atom stereocenters. The van der Waals surface area contributed by atoms with Gasteiger partial charge in [-0.25, -0.2) is 0 Å². The number of rotatable bonds is 3. The van der Waals surface area contributed by atoms with Gasteiger partial charge in [-0.2, -0.15) is 5.10 Å². The van der Waals surface area contributed by atoms with E-state index in [4.69, 9.17) is 0 Å². The molecular formula is C17H24N4. The molecule has 21 heavy (non-hydrogen) atoms. The molecule has 2 aromatic rings. The van der Waals surface area contributed by atoms with Crippen molar-refractivity contribution in [3.63, 3.8) is 0 Å². The van der Waals surface area contributed by atoms with Crippen molar-refractivity contribution in [2.24, 2.45) is 7.05 Å². The van der Waals surface area contributed by atoms with E-state index in [9.17, 15) is 0 Å². The Labute approximate surface area is 126 Å². The van der Waals surface area contributed by atoms with Crippen molar-refractivity contribution in [1.82, 2.24) is 19.7 Å². The summed E-state index contributed by atoms with van der Waals surface area (Å²) in [6, 6.07) is 7.00. The highest BCUT2D eigenvalue weighted by Crippen LogP contribution is 2.29. The molecule has 0 saturated carbocycles. The molecule has 0 bridgehead atoms. The van der Waals surface area contributed by atoms with E-state index >= 15 is 0 Å². The standard InChI is InChI=1S/C17H24N4/c1-13(2)21-10-6-14(7-11-21)15-4-5-16(18-12-15)17-8-9-20(3)19-17/h4-5,8-9,12-14H,6-7,10-11H2,1-3H3. The molecule has 0 radical (unpaired) electrons. The molecule has 112 valence electrons. The highest BCUT2D eigenvalue weighted by Gasteiger charge is 2.22. The molecule has 0 N–H and O–H groups in total. The molecule has 0 spiro atoms. The fraction of sp³-hybridized carbons (Fsp3) is 0.529. The SMILES string of the molecule is CC(C)N1CCC(c2ccc(-c3ccn(C)n3)nc2)CC1. The number of hydrogen-bond donors (Lipinski definition) is 0. The number of aromatic nitrogens is 3. The maximum Gasteiger partial charge on any atom is 0.111 e. The predicted octanol–water partition coefficient (Wildman–Crippen LogP) is 3.07. The largest absolute Gasteiger partial charge is 0.301 e. The van der Waals surface area contributed by atoms with Crippen LogP contribution < -0.4 is 0 Å². The molecule has 0 atom stereocenters. The van der Waals surface area contributed by atoms with Crippen LogP contribution in [0.5, 0.6) is 0 Å². The van der Waals surface area contributed by atoms with Crippen molar-refractivity contribution < 1.29 is 0 Å². The third-order valence-corrected chi connectivity index (χ3v) is 4.49. The fourth-order valence-electron chi connectivity index (χ4n) is 3.10. The summed E-state index contributed by atoms with van der Waals surface area (Å²) in [5, 5.41) is 4.40. The highest BCUT2D eigenvalue weighted by molar-refractivity contribution is 5.53. The number of pyridine rings is 1. The van der Waals surface area contributed by atoms with Crippen LogP contribution in [0.2, 0.25) is 0 Å². The molecule has 1 aliphatic heterocycles. The Morgan fingerprint density at radius 1 is 1.10 bits per heavy atom. The van der Waals surface area contributed by atoms with E-state index in [1.807, 2.05) is 30.2 Å². The third kappa shape index (κ3) is 3.16. The molecule has 3 rings (SSSR count). The van der Waals surface area contributed by atoms with Crippen molar-refractivity contribution in [2.75, 3.05) is 13.1 Å². The van der Waals surface area contributed by atoms with E-state index in [1.165, 1.54) is 31.5 Å². The lowest BCUT2D eigenvalue weighted by molar-refractivity contribution is 0.172. The average Bonchev–Trinajstić information content (AvgIpc) is 2.94. The van der Waals surface area contributed by atoms with Gasteiger partial charge in [0.25, 0.3) is 0 Å². The quantitative estimate of drug-likeness (QED) is 0.868. The number of likely N-dealkylation sites (tertiary alicyclic amines) is 1. The van der Waals surface area contributed by atoms with Gasteiger partial charge in [-0.1, -0.05) is 6.07 Å². The Kier molecular flexibility index (Phi) is 4.06. The summed E-state index contributed by atoms with van der Waals surface area (Å²) in [5.74, 6) is 0.658. The van der Waals surface area contributed by atoms with E-state index in [0.717, 1.165) is 11.4 Å². The second kappa shape index (κ2) is 5.98. The van der Waals surface area contributed by atoms with Crippen molar-refractivity contribution in [2.45, 2.75) is 38.6 Å². The lowest BCUT2D eigenvalue weighted by Crippen LogP contribution is -2.37. The molecular weight excluding hydrogens is 260 g/mol. The molecule has 1 aliphatic rings. The van der Waals surface area contributed by atoms with Crippen LogP contribution in [-0.4, -0.2) is 38.8 Å². The zero-order chi connectivity index (χ0) is 14.8. The van der Waals surface area contributed by atoms with Gasteiger partial charge in [0.15, 0.2) is 0 Å². The maximum atomic E-state index is 4.60. The molecule has 1 fully saturated rings. The molecule has 3 heterocycles. The summed E-state index contributed by atoms with van der Waals surface area (Å²) >= 11 is 0. The molecule has 0 amide bonds. The average molecular weight is 284 g/mol. The van der Waals surface area contributed by atoms with E-state index in [0.29, 0.717) is 12.0 Å². The van der Waals surface area contributed by atoms with Crippen LogP contribution >= 0.6 is 0 Å². The second-order valence-electron chi connectivity index (χ2n) is 6.26. The lowest BCUT2D eigenvalue weighted by Gasteiger charge is -2.34. The Morgan fingerprint density at radius 3 is 2.38 bits per heavy atom. The van der Waals surface area contributed by atoms with E-state index < -0.39 is 0 Å². The Hall–Kier alpha value is -1.68. The van der Waals surface area contributed by atoms with E-state index in [-0.39, 0.29) is 0 Å². The minimum absolute atomic E-state index is 0.658. The summed E-state index contributed by atoms with van der Waals surface area (Å²) in [5.41, 5.74) is 3.27. The van der Waals surface area contributed by atoms with Gasteiger partial charge in [0, 0.05) is 25.5 Å². The molecule has 1 saturated heterocycles. The molecule has 4 heteroatoms. The van der Waals surface area contributed by atoms with Crippen molar-refractivity contribution in [3.8, 4) is 11.4 Å². The third-order valence-electron chi connectivity index (χ3n) is 4.49. The first-order valence-corrected chi connectivity index (χ1v) is 7.83. The molecule has 4 nitrogen and oxygen atoms in total. The first-order chi connectivity index (χ1) is 10.1. The normalized spacial score (nSPS) is 17.5. The second-order valence-corrected chi connectivity index (χ2v) is 6.26. The van der Waals surface area contributed by atoms with E-state index in [2.05, 4.69) is 41.0 Å². The Bertz CT molecular complexity index is 577. The van der Waals surface area contributed by atoms with Gasteiger partial charge in [0.1, 0.15) is 5.69 Å². The van der Waals surface area contributed by atoms with Crippen LogP contribution in [0.3, 0.4) is 0 Å². The van der Waals surface area contributed by atoms with Gasteiger partial charge >= 0.3 is 0 Å². The first-order valence-electron chi connectivity index (χ1n) is 7.83. The van der Waals surface area contributed by atoms with Crippen LogP contribution in [-0.2, 0) is 7.05 Å². The van der Waals surface area contributed by atoms with Crippen LogP contribution in [0, 0.1) is 0 Å². The summed E-state index contributed by atoms with van der Waals surface area (Å²) in [6.45, 7) is 6.96. The molecule has 0 aliphatic carbocycles. The monoisotopic (exact) mass is 284 g/mol. The number of aryl methyl sites for hydroxylation is 1. The number of piperidine rings is 1. The number of nitrogens with zero attached hydrogens (tertiary/aromatic N) is 4. The fourth-order valence-corrected chi connectivity index (χ4v) is 3.10. The summed E-state index contributed by atoms with van der Waals surface area (Å²) in [7, 11) is 1.93. The summed E-state index contributed by atoms with van der Waals surface area (Å²) in [4.78, 5) is 7.16. The Morgan fingerprint density at radius 2 is 1.86 bits per heavy atom. The maximum absolute atomic E-state index is 4.60. The topological polar surface area (TPSA) is 34.0 Å².